The number of ketones is 1. The number of carboxylic acid groups (broad SMARTS) is 1. The number of hydrogen-bond donors (Lipinski definition) is 4. The van der Waals surface area contributed by atoms with Crippen molar-refractivity contribution in [1.29, 1.82) is 0 Å². The summed E-state index contributed by atoms with van der Waals surface area (Å²) in [7, 11) is 0. The van der Waals surface area contributed by atoms with E-state index in [1.807, 2.05) is 30.3 Å². The molecule has 1 aromatic carbocycles. The van der Waals surface area contributed by atoms with Gasteiger partial charge in [0.2, 0.25) is 0 Å². The number of urea groups is 1. The Hall–Kier alpha value is -3.10. The van der Waals surface area contributed by atoms with Gasteiger partial charge in [0.1, 0.15) is 6.61 Å². The molecule has 3 amide bonds. The quantitative estimate of drug-likeness (QED) is 0.390. The van der Waals surface area contributed by atoms with Gasteiger partial charge in [-0.3, -0.25) is 9.59 Å². The lowest BCUT2D eigenvalue weighted by Gasteiger charge is -2.22. The van der Waals surface area contributed by atoms with Crippen molar-refractivity contribution >= 4 is 23.9 Å². The second-order valence-electron chi connectivity index (χ2n) is 7.07. The maximum Gasteiger partial charge on any atom is 0.408 e. The molecule has 0 radical (unpaired) electrons. The fraction of sp³-hybridized carbons (Fsp3) is 0.500. The Kier molecular flexibility index (Phi) is 10.2. The van der Waals surface area contributed by atoms with E-state index in [4.69, 9.17) is 10.5 Å². The first-order valence-electron chi connectivity index (χ1n) is 9.46. The van der Waals surface area contributed by atoms with Crippen LogP contribution in [0, 0.1) is 11.8 Å². The molecule has 0 aliphatic rings. The van der Waals surface area contributed by atoms with Crippen LogP contribution in [0.15, 0.2) is 30.3 Å². The zero-order valence-corrected chi connectivity index (χ0v) is 16.7. The summed E-state index contributed by atoms with van der Waals surface area (Å²) in [5, 5.41) is 14.3. The van der Waals surface area contributed by atoms with E-state index in [1.54, 1.807) is 13.8 Å². The first-order chi connectivity index (χ1) is 13.7. The van der Waals surface area contributed by atoms with Crippen molar-refractivity contribution in [2.45, 2.75) is 45.8 Å². The summed E-state index contributed by atoms with van der Waals surface area (Å²) < 4.78 is 5.14. The third kappa shape index (κ3) is 9.59. The van der Waals surface area contributed by atoms with Gasteiger partial charge in [0, 0.05) is 13.0 Å². The van der Waals surface area contributed by atoms with Crippen LogP contribution < -0.4 is 16.4 Å². The molecule has 0 bridgehead atoms. The Bertz CT molecular complexity index is 693. The van der Waals surface area contributed by atoms with Crippen molar-refractivity contribution in [3.63, 3.8) is 0 Å². The normalized spacial score (nSPS) is 12.7. The Balaban J connectivity index is 2.58. The number of nitrogens with two attached hydrogens (primary N) is 1. The molecule has 0 saturated carbocycles. The molecule has 0 saturated heterocycles. The molecule has 5 N–H and O–H groups in total. The minimum absolute atomic E-state index is 0.0658. The molecule has 160 valence electrons. The molecule has 9 heteroatoms. The van der Waals surface area contributed by atoms with Crippen LogP contribution in [0.1, 0.15) is 38.7 Å². The lowest BCUT2D eigenvalue weighted by molar-refractivity contribution is -0.144. The van der Waals surface area contributed by atoms with E-state index in [0.717, 1.165) is 5.56 Å². The lowest BCUT2D eigenvalue weighted by atomic mass is 9.90. The predicted molar refractivity (Wildman–Crippen MR) is 106 cm³/mol. The van der Waals surface area contributed by atoms with Gasteiger partial charge in [-0.15, -0.1) is 0 Å². The van der Waals surface area contributed by atoms with E-state index in [2.05, 4.69) is 10.6 Å². The van der Waals surface area contributed by atoms with Gasteiger partial charge in [-0.25, -0.2) is 9.59 Å². The van der Waals surface area contributed by atoms with Crippen molar-refractivity contribution in [1.82, 2.24) is 10.6 Å². The Morgan fingerprint density at radius 3 is 2.34 bits per heavy atom. The minimum atomic E-state index is -1.11. The fourth-order valence-corrected chi connectivity index (χ4v) is 2.75. The van der Waals surface area contributed by atoms with Gasteiger partial charge >= 0.3 is 18.1 Å². The summed E-state index contributed by atoms with van der Waals surface area (Å²) >= 11 is 0. The number of carbonyl (C=O) groups is 4. The first kappa shape index (κ1) is 23.9. The van der Waals surface area contributed by atoms with Crippen LogP contribution in [0.4, 0.5) is 9.59 Å². The van der Waals surface area contributed by atoms with Crippen LogP contribution in [0.5, 0.6) is 0 Å². The fourth-order valence-electron chi connectivity index (χ4n) is 2.75. The summed E-state index contributed by atoms with van der Waals surface area (Å²) in [6.07, 6.45) is -0.400. The molecule has 2 atom stereocenters. The second kappa shape index (κ2) is 12.4. The number of nitrogens with one attached hydrogen (secondary N) is 2. The van der Waals surface area contributed by atoms with Gasteiger partial charge in [-0.05, 0) is 24.3 Å². The van der Waals surface area contributed by atoms with Crippen molar-refractivity contribution in [2.75, 3.05) is 6.54 Å². The number of carbonyl (C=O) groups excluding carboxylic acids is 3. The molecule has 1 aromatic rings. The summed E-state index contributed by atoms with van der Waals surface area (Å²) in [5.41, 5.74) is 5.77. The van der Waals surface area contributed by atoms with E-state index in [1.165, 1.54) is 0 Å². The molecule has 0 heterocycles. The Labute approximate surface area is 170 Å². The van der Waals surface area contributed by atoms with E-state index in [0.29, 0.717) is 6.42 Å². The van der Waals surface area contributed by atoms with Gasteiger partial charge in [0.15, 0.2) is 5.78 Å². The van der Waals surface area contributed by atoms with Crippen LogP contribution in [0.2, 0.25) is 0 Å². The molecule has 0 aromatic heterocycles. The second-order valence-corrected chi connectivity index (χ2v) is 7.07. The lowest BCUT2D eigenvalue weighted by Crippen LogP contribution is -2.45. The smallest absolute Gasteiger partial charge is 0.408 e. The average molecular weight is 407 g/mol. The number of Topliss-reactive ketones (excluding diaryl/α,β-unsaturated/α-hetero) is 1. The predicted octanol–water partition coefficient (Wildman–Crippen LogP) is 2.05. The highest BCUT2D eigenvalue weighted by molar-refractivity contribution is 5.90. The van der Waals surface area contributed by atoms with E-state index < -0.39 is 30.1 Å². The standard InChI is InChI=1S/C20H29N3O6/c1-13(2)17(23-20(28)29-12-14-7-4-3-5-8-14)16(24)11-15(18(25)26)9-6-10-22-19(21)27/h3-5,7-8,13,15,17H,6,9-12H2,1-2H3,(H,23,28)(H,25,26)(H3,21,22,27)/t15?,17-/m0/s1. The molecule has 1 unspecified atom stereocenters. The molecular weight excluding hydrogens is 378 g/mol. The van der Waals surface area contributed by atoms with Gasteiger partial charge in [-0.2, -0.15) is 0 Å². The number of hydrogen-bond acceptors (Lipinski definition) is 5. The molecule has 0 spiro atoms. The molecule has 1 rings (SSSR count). The van der Waals surface area contributed by atoms with Crippen molar-refractivity contribution < 1.29 is 29.0 Å². The molecule has 0 aliphatic carbocycles. The molecule has 0 fully saturated rings. The van der Waals surface area contributed by atoms with Crippen LogP contribution in [0.3, 0.4) is 0 Å². The SMILES string of the molecule is CC(C)[C@H](NC(=O)OCc1ccccc1)C(=O)CC(CCCNC(N)=O)C(=O)O. The van der Waals surface area contributed by atoms with Crippen LogP contribution >= 0.6 is 0 Å². The highest BCUT2D eigenvalue weighted by atomic mass is 16.5. The number of benzene rings is 1. The zero-order chi connectivity index (χ0) is 21.8. The van der Waals surface area contributed by atoms with E-state index >= 15 is 0 Å². The number of amides is 3. The minimum Gasteiger partial charge on any atom is -0.481 e. The van der Waals surface area contributed by atoms with Crippen LogP contribution in [-0.4, -0.2) is 41.6 Å². The number of ether oxygens (including phenoxy) is 1. The summed E-state index contributed by atoms with van der Waals surface area (Å²) in [5.74, 6) is -2.64. The number of primary amides is 1. The largest absolute Gasteiger partial charge is 0.481 e. The van der Waals surface area contributed by atoms with Gasteiger partial charge in [0.05, 0.1) is 12.0 Å². The maximum absolute atomic E-state index is 12.6. The number of carboxylic acids is 1. The van der Waals surface area contributed by atoms with Gasteiger partial charge in [-0.1, -0.05) is 44.2 Å². The van der Waals surface area contributed by atoms with Crippen LogP contribution in [-0.2, 0) is 20.9 Å². The summed E-state index contributed by atoms with van der Waals surface area (Å²) in [6, 6.07) is 7.56. The Morgan fingerprint density at radius 1 is 1.14 bits per heavy atom. The van der Waals surface area contributed by atoms with Gasteiger partial charge < -0.3 is 26.2 Å². The molecule has 9 nitrogen and oxygen atoms in total. The van der Waals surface area contributed by atoms with E-state index in [-0.39, 0.29) is 37.7 Å². The Morgan fingerprint density at radius 2 is 1.79 bits per heavy atom. The van der Waals surface area contributed by atoms with Crippen LogP contribution in [0.25, 0.3) is 0 Å². The molecular formula is C20H29N3O6. The summed E-state index contributed by atoms with van der Waals surface area (Å²) in [4.78, 5) is 46.8. The first-order valence-corrected chi connectivity index (χ1v) is 9.46. The molecule has 29 heavy (non-hydrogen) atoms. The van der Waals surface area contributed by atoms with E-state index in [9.17, 15) is 24.3 Å². The third-order valence-corrected chi connectivity index (χ3v) is 4.33. The van der Waals surface area contributed by atoms with Crippen molar-refractivity contribution in [3.8, 4) is 0 Å². The van der Waals surface area contributed by atoms with Gasteiger partial charge in [0.25, 0.3) is 0 Å². The maximum atomic E-state index is 12.6. The monoisotopic (exact) mass is 407 g/mol. The molecule has 0 aliphatic heterocycles. The van der Waals surface area contributed by atoms with Crippen molar-refractivity contribution in [2.24, 2.45) is 17.6 Å². The zero-order valence-electron chi connectivity index (χ0n) is 16.7. The van der Waals surface area contributed by atoms with Crippen molar-refractivity contribution in [3.05, 3.63) is 35.9 Å². The third-order valence-electron chi connectivity index (χ3n) is 4.33. The summed E-state index contributed by atoms with van der Waals surface area (Å²) in [6.45, 7) is 3.81. The average Bonchev–Trinajstić information content (AvgIpc) is 2.66. The topological polar surface area (TPSA) is 148 Å². The number of aliphatic carboxylic acids is 1. The number of rotatable bonds is 12. The highest BCUT2D eigenvalue weighted by Gasteiger charge is 2.29. The highest BCUT2D eigenvalue weighted by Crippen LogP contribution is 2.16. The number of alkyl carbamates (subject to hydrolysis) is 1.